The van der Waals surface area contributed by atoms with Crippen molar-refractivity contribution in [2.45, 2.75) is 33.2 Å². The molecule has 5 heteroatoms. The Morgan fingerprint density at radius 3 is 2.76 bits per heavy atom. The van der Waals surface area contributed by atoms with Gasteiger partial charge in [-0.1, -0.05) is 37.6 Å². The monoisotopic (exact) mass is 305 g/mol. The minimum atomic E-state index is 0.241. The van der Waals surface area contributed by atoms with Crippen LogP contribution in [0.1, 0.15) is 38.1 Å². The van der Waals surface area contributed by atoms with Crippen molar-refractivity contribution in [3.63, 3.8) is 0 Å². The van der Waals surface area contributed by atoms with Crippen LogP contribution in [0.4, 0.5) is 5.82 Å². The number of hydrogen-bond acceptors (Lipinski definition) is 4. The van der Waals surface area contributed by atoms with Crippen molar-refractivity contribution >= 4 is 17.4 Å². The van der Waals surface area contributed by atoms with Crippen molar-refractivity contribution < 1.29 is 4.74 Å². The lowest BCUT2D eigenvalue weighted by molar-refractivity contribution is 0.340. The van der Waals surface area contributed by atoms with E-state index in [1.165, 1.54) is 0 Å². The third kappa shape index (κ3) is 4.60. The van der Waals surface area contributed by atoms with Crippen LogP contribution in [0.25, 0.3) is 0 Å². The van der Waals surface area contributed by atoms with Crippen LogP contribution in [0, 0.1) is 0 Å². The highest BCUT2D eigenvalue weighted by Crippen LogP contribution is 2.18. The summed E-state index contributed by atoms with van der Waals surface area (Å²) in [5, 5.41) is 3.73. The molecule has 1 N–H and O–H groups in total. The van der Waals surface area contributed by atoms with Crippen molar-refractivity contribution in [2.24, 2.45) is 0 Å². The van der Waals surface area contributed by atoms with E-state index in [2.05, 4.69) is 15.3 Å². The molecule has 0 aliphatic rings. The number of rotatable bonds is 6. The van der Waals surface area contributed by atoms with Gasteiger partial charge in [-0.15, -0.1) is 0 Å². The summed E-state index contributed by atoms with van der Waals surface area (Å²) in [6.45, 7) is 7.38. The number of aromatic nitrogens is 2. The average molecular weight is 306 g/mol. The molecule has 0 bridgehead atoms. The second-order valence-corrected chi connectivity index (χ2v) is 5.41. The Bertz CT molecular complexity index is 602. The number of anilines is 1. The fourth-order valence-corrected chi connectivity index (χ4v) is 2.08. The maximum atomic E-state index is 6.03. The zero-order valence-corrected chi connectivity index (χ0v) is 13.3. The summed E-state index contributed by atoms with van der Waals surface area (Å²) < 4.78 is 5.49. The first kappa shape index (κ1) is 15.6. The molecule has 0 aliphatic heterocycles. The SMILES string of the molecule is CCOc1cccc(CNc2cc(Cl)nc(C(C)C)n2)c1. The van der Waals surface area contributed by atoms with Gasteiger partial charge in [0.15, 0.2) is 0 Å². The van der Waals surface area contributed by atoms with Crippen LogP contribution in [0.2, 0.25) is 5.15 Å². The van der Waals surface area contributed by atoms with Crippen LogP contribution < -0.4 is 10.1 Å². The molecule has 1 heterocycles. The van der Waals surface area contributed by atoms with Gasteiger partial charge in [-0.25, -0.2) is 9.97 Å². The molecule has 21 heavy (non-hydrogen) atoms. The maximum absolute atomic E-state index is 6.03. The summed E-state index contributed by atoms with van der Waals surface area (Å²) in [4.78, 5) is 8.69. The standard InChI is InChI=1S/C16H20ClN3O/c1-4-21-13-7-5-6-12(8-13)10-18-15-9-14(17)19-16(20-15)11(2)3/h5-9,11H,4,10H2,1-3H3,(H,18,19,20). The van der Waals surface area contributed by atoms with Gasteiger partial charge in [0.05, 0.1) is 6.61 Å². The first-order valence-electron chi connectivity index (χ1n) is 7.08. The Morgan fingerprint density at radius 1 is 1.24 bits per heavy atom. The molecule has 0 amide bonds. The van der Waals surface area contributed by atoms with Crippen molar-refractivity contribution in [1.29, 1.82) is 0 Å². The van der Waals surface area contributed by atoms with E-state index < -0.39 is 0 Å². The van der Waals surface area contributed by atoms with Gasteiger partial charge in [0.2, 0.25) is 0 Å². The van der Waals surface area contributed by atoms with Gasteiger partial charge < -0.3 is 10.1 Å². The van der Waals surface area contributed by atoms with E-state index in [0.29, 0.717) is 18.3 Å². The molecule has 1 aromatic heterocycles. The summed E-state index contributed by atoms with van der Waals surface area (Å²) in [6.07, 6.45) is 0. The third-order valence-corrected chi connectivity index (χ3v) is 3.11. The highest BCUT2D eigenvalue weighted by molar-refractivity contribution is 6.29. The number of benzene rings is 1. The normalized spacial score (nSPS) is 10.7. The highest BCUT2D eigenvalue weighted by atomic mass is 35.5. The van der Waals surface area contributed by atoms with Crippen LogP contribution in [0.15, 0.2) is 30.3 Å². The largest absolute Gasteiger partial charge is 0.494 e. The quantitative estimate of drug-likeness (QED) is 0.810. The van der Waals surface area contributed by atoms with Gasteiger partial charge in [-0.05, 0) is 24.6 Å². The third-order valence-electron chi connectivity index (χ3n) is 2.91. The molecule has 0 radical (unpaired) electrons. The first-order valence-corrected chi connectivity index (χ1v) is 7.46. The summed E-state index contributed by atoms with van der Waals surface area (Å²) in [6, 6.07) is 9.73. The van der Waals surface area contributed by atoms with E-state index in [1.54, 1.807) is 6.07 Å². The Hall–Kier alpha value is -1.81. The molecule has 4 nitrogen and oxygen atoms in total. The van der Waals surface area contributed by atoms with Crippen LogP contribution in [0.5, 0.6) is 5.75 Å². The van der Waals surface area contributed by atoms with Gasteiger partial charge in [0.25, 0.3) is 0 Å². The molecule has 0 spiro atoms. The molecule has 0 atom stereocenters. The van der Waals surface area contributed by atoms with Gasteiger partial charge in [-0.3, -0.25) is 0 Å². The smallest absolute Gasteiger partial charge is 0.135 e. The molecule has 1 aromatic carbocycles. The number of hydrogen-bond donors (Lipinski definition) is 1. The van der Waals surface area contributed by atoms with E-state index in [1.807, 2.05) is 45.0 Å². The summed E-state index contributed by atoms with van der Waals surface area (Å²) >= 11 is 6.03. The Balaban J connectivity index is 2.07. The highest BCUT2D eigenvalue weighted by Gasteiger charge is 2.07. The number of halogens is 1. The molecule has 0 aliphatic carbocycles. The molecular formula is C16H20ClN3O. The molecular weight excluding hydrogens is 286 g/mol. The molecule has 0 saturated heterocycles. The lowest BCUT2D eigenvalue weighted by Gasteiger charge is -2.10. The van der Waals surface area contributed by atoms with Gasteiger partial charge in [0, 0.05) is 18.5 Å². The van der Waals surface area contributed by atoms with Crippen molar-refractivity contribution in [1.82, 2.24) is 9.97 Å². The minimum absolute atomic E-state index is 0.241. The van der Waals surface area contributed by atoms with Crippen LogP contribution in [0.3, 0.4) is 0 Å². The fraction of sp³-hybridized carbons (Fsp3) is 0.375. The predicted octanol–water partition coefficient (Wildman–Crippen LogP) is 4.26. The lowest BCUT2D eigenvalue weighted by atomic mass is 10.2. The number of ether oxygens (including phenoxy) is 1. The van der Waals surface area contributed by atoms with Crippen LogP contribution >= 0.6 is 11.6 Å². The Kier molecular flexibility index (Phi) is 5.39. The number of nitrogens with one attached hydrogen (secondary N) is 1. The zero-order valence-electron chi connectivity index (χ0n) is 12.6. The Morgan fingerprint density at radius 2 is 2.05 bits per heavy atom. The van der Waals surface area contributed by atoms with Crippen molar-refractivity contribution in [3.8, 4) is 5.75 Å². The second-order valence-electron chi connectivity index (χ2n) is 5.02. The zero-order chi connectivity index (χ0) is 15.2. The molecule has 0 saturated carbocycles. The van der Waals surface area contributed by atoms with Crippen LogP contribution in [-0.2, 0) is 6.54 Å². The number of nitrogens with zero attached hydrogens (tertiary/aromatic N) is 2. The molecule has 2 rings (SSSR count). The van der Waals surface area contributed by atoms with Crippen molar-refractivity contribution in [2.75, 3.05) is 11.9 Å². The van der Waals surface area contributed by atoms with Crippen LogP contribution in [-0.4, -0.2) is 16.6 Å². The first-order chi connectivity index (χ1) is 10.1. The lowest BCUT2D eigenvalue weighted by Crippen LogP contribution is -2.06. The van der Waals surface area contributed by atoms with E-state index in [-0.39, 0.29) is 5.92 Å². The molecule has 2 aromatic rings. The van der Waals surface area contributed by atoms with Gasteiger partial charge in [-0.2, -0.15) is 0 Å². The van der Waals surface area contributed by atoms with E-state index >= 15 is 0 Å². The maximum Gasteiger partial charge on any atom is 0.135 e. The summed E-state index contributed by atoms with van der Waals surface area (Å²) in [5.41, 5.74) is 1.13. The van der Waals surface area contributed by atoms with Gasteiger partial charge in [0.1, 0.15) is 22.5 Å². The summed E-state index contributed by atoms with van der Waals surface area (Å²) in [7, 11) is 0. The fourth-order valence-electron chi connectivity index (χ4n) is 1.89. The topological polar surface area (TPSA) is 47.0 Å². The molecule has 112 valence electrons. The van der Waals surface area contributed by atoms with E-state index in [0.717, 1.165) is 23.0 Å². The van der Waals surface area contributed by atoms with Crippen molar-refractivity contribution in [3.05, 3.63) is 46.9 Å². The minimum Gasteiger partial charge on any atom is -0.494 e. The molecule has 0 fully saturated rings. The predicted molar refractivity (Wildman–Crippen MR) is 86.1 cm³/mol. The Labute approximate surface area is 130 Å². The van der Waals surface area contributed by atoms with E-state index in [4.69, 9.17) is 16.3 Å². The van der Waals surface area contributed by atoms with E-state index in [9.17, 15) is 0 Å². The molecule has 0 unspecified atom stereocenters. The summed E-state index contributed by atoms with van der Waals surface area (Å²) in [5.74, 6) is 2.60. The van der Waals surface area contributed by atoms with Gasteiger partial charge >= 0.3 is 0 Å². The second kappa shape index (κ2) is 7.27. The average Bonchev–Trinajstić information content (AvgIpc) is 2.45.